The average molecular weight is 295 g/mol. The Balaban J connectivity index is 2.31. The third kappa shape index (κ3) is 3.30. The summed E-state index contributed by atoms with van der Waals surface area (Å²) in [5, 5.41) is 23.2. The number of nitro groups is 2. The van der Waals surface area contributed by atoms with Crippen LogP contribution in [0.5, 0.6) is 0 Å². The lowest BCUT2D eigenvalue weighted by molar-refractivity contribution is -0.394. The van der Waals surface area contributed by atoms with Crippen molar-refractivity contribution in [3.05, 3.63) is 44.0 Å². The second-order valence-electron chi connectivity index (χ2n) is 4.58. The molecule has 2 rings (SSSR count). The number of carbonyl (C=O) groups is 1. The van der Waals surface area contributed by atoms with Gasteiger partial charge in [0.15, 0.2) is 0 Å². The van der Waals surface area contributed by atoms with Gasteiger partial charge in [0, 0.05) is 38.3 Å². The van der Waals surface area contributed by atoms with Crippen molar-refractivity contribution in [3.8, 4) is 0 Å². The molecule has 0 unspecified atom stereocenters. The van der Waals surface area contributed by atoms with Gasteiger partial charge in [-0.3, -0.25) is 30.9 Å². The molecule has 1 amide bonds. The van der Waals surface area contributed by atoms with Crippen LogP contribution in [0.3, 0.4) is 0 Å². The maximum Gasteiger partial charge on any atom is 0.277 e. The molecule has 0 aromatic heterocycles. The zero-order valence-corrected chi connectivity index (χ0v) is 11.0. The van der Waals surface area contributed by atoms with Gasteiger partial charge in [-0.05, 0) is 0 Å². The molecule has 0 atom stereocenters. The molecule has 0 bridgehead atoms. The number of nitro benzene ring substituents is 2. The van der Waals surface area contributed by atoms with Gasteiger partial charge in [-0.25, -0.2) is 5.01 Å². The van der Waals surface area contributed by atoms with E-state index in [1.165, 1.54) is 4.90 Å². The topological polar surface area (TPSA) is 136 Å². The molecule has 10 nitrogen and oxygen atoms in total. The largest absolute Gasteiger partial charge is 0.336 e. The normalized spacial score (nSPS) is 15.8. The number of amides is 1. The molecule has 1 aliphatic heterocycles. The minimum absolute atomic E-state index is 0.0682. The number of benzene rings is 1. The van der Waals surface area contributed by atoms with Gasteiger partial charge in [0.2, 0.25) is 0 Å². The average Bonchev–Trinajstić information content (AvgIpc) is 2.46. The highest BCUT2D eigenvalue weighted by Gasteiger charge is 2.25. The summed E-state index contributed by atoms with van der Waals surface area (Å²) < 4.78 is 0. The number of rotatable bonds is 3. The molecule has 1 aliphatic rings. The Hall–Kier alpha value is -2.59. The van der Waals surface area contributed by atoms with E-state index < -0.39 is 27.1 Å². The lowest BCUT2D eigenvalue weighted by Crippen LogP contribution is -2.51. The first-order chi connectivity index (χ1) is 9.88. The quantitative estimate of drug-likeness (QED) is 0.475. The summed E-state index contributed by atoms with van der Waals surface area (Å²) in [5.74, 6) is 5.10. The van der Waals surface area contributed by atoms with Crippen LogP contribution in [-0.4, -0.2) is 51.8 Å². The van der Waals surface area contributed by atoms with E-state index in [2.05, 4.69) is 0 Å². The Labute approximate surface area is 119 Å². The lowest BCUT2D eigenvalue weighted by atomic mass is 10.1. The summed E-state index contributed by atoms with van der Waals surface area (Å²) in [4.78, 5) is 33.8. The van der Waals surface area contributed by atoms with Gasteiger partial charge in [0.05, 0.1) is 21.5 Å². The van der Waals surface area contributed by atoms with Crippen LogP contribution in [0.4, 0.5) is 11.4 Å². The van der Waals surface area contributed by atoms with E-state index >= 15 is 0 Å². The van der Waals surface area contributed by atoms with E-state index in [0.717, 1.165) is 18.2 Å². The lowest BCUT2D eigenvalue weighted by Gasteiger charge is -2.31. The molecule has 1 heterocycles. The zero-order chi connectivity index (χ0) is 15.6. The maximum absolute atomic E-state index is 12.3. The van der Waals surface area contributed by atoms with Crippen LogP contribution in [0.15, 0.2) is 18.2 Å². The molecule has 1 aromatic rings. The molecular formula is C11H13N5O5. The molecule has 0 radical (unpaired) electrons. The summed E-state index contributed by atoms with van der Waals surface area (Å²) in [7, 11) is 0. The van der Waals surface area contributed by atoms with Gasteiger partial charge >= 0.3 is 0 Å². The highest BCUT2D eigenvalue weighted by atomic mass is 16.6. The number of nitrogens with zero attached hydrogens (tertiary/aromatic N) is 4. The molecule has 2 N–H and O–H groups in total. The van der Waals surface area contributed by atoms with Crippen LogP contribution in [0.2, 0.25) is 0 Å². The third-order valence-electron chi connectivity index (χ3n) is 3.17. The molecule has 10 heteroatoms. The SMILES string of the molecule is NN1CCN(C(=O)c2cc([N+](=O)[O-])cc([N+](=O)[O-])c2)CC1. The van der Waals surface area contributed by atoms with Crippen LogP contribution in [0.25, 0.3) is 0 Å². The van der Waals surface area contributed by atoms with Crippen molar-refractivity contribution >= 4 is 17.3 Å². The van der Waals surface area contributed by atoms with Crippen molar-refractivity contribution in [2.24, 2.45) is 5.84 Å². The molecular weight excluding hydrogens is 282 g/mol. The molecule has 0 spiro atoms. The van der Waals surface area contributed by atoms with E-state index in [1.807, 2.05) is 0 Å². The number of hydrogen-bond donors (Lipinski definition) is 1. The standard InChI is InChI=1S/C11H13N5O5/c12-14-3-1-13(2-4-14)11(17)8-5-9(15(18)19)7-10(6-8)16(20)21/h5-7H,1-4,12H2. The summed E-state index contributed by atoms with van der Waals surface area (Å²) in [6.07, 6.45) is 0. The highest BCUT2D eigenvalue weighted by Crippen LogP contribution is 2.23. The van der Waals surface area contributed by atoms with Crippen LogP contribution in [0, 0.1) is 20.2 Å². The number of carbonyl (C=O) groups excluding carboxylic acids is 1. The Morgan fingerprint density at radius 3 is 1.90 bits per heavy atom. The minimum atomic E-state index is -0.762. The Bertz CT molecular complexity index is 564. The first-order valence-electron chi connectivity index (χ1n) is 6.11. The minimum Gasteiger partial charge on any atom is -0.336 e. The van der Waals surface area contributed by atoms with E-state index in [1.54, 1.807) is 5.01 Å². The first kappa shape index (κ1) is 14.8. The van der Waals surface area contributed by atoms with E-state index in [4.69, 9.17) is 5.84 Å². The number of hydrazine groups is 1. The molecule has 112 valence electrons. The van der Waals surface area contributed by atoms with Gasteiger partial charge in [-0.2, -0.15) is 0 Å². The van der Waals surface area contributed by atoms with Crippen molar-refractivity contribution < 1.29 is 14.6 Å². The second kappa shape index (κ2) is 5.81. The second-order valence-corrected chi connectivity index (χ2v) is 4.58. The van der Waals surface area contributed by atoms with E-state index in [-0.39, 0.29) is 5.56 Å². The highest BCUT2D eigenvalue weighted by molar-refractivity contribution is 5.95. The predicted molar refractivity (Wildman–Crippen MR) is 71.4 cm³/mol. The number of piperazine rings is 1. The van der Waals surface area contributed by atoms with E-state index in [9.17, 15) is 25.0 Å². The fourth-order valence-electron chi connectivity index (χ4n) is 2.04. The van der Waals surface area contributed by atoms with Gasteiger partial charge in [-0.15, -0.1) is 0 Å². The van der Waals surface area contributed by atoms with Gasteiger partial charge in [0.25, 0.3) is 17.3 Å². The predicted octanol–water partition coefficient (Wildman–Crippen LogP) is 0.135. The number of nitrogens with two attached hydrogens (primary N) is 1. The third-order valence-corrected chi connectivity index (χ3v) is 3.17. The monoisotopic (exact) mass is 295 g/mol. The summed E-state index contributed by atoms with van der Waals surface area (Å²) >= 11 is 0. The fraction of sp³-hybridized carbons (Fsp3) is 0.364. The molecule has 1 aromatic carbocycles. The molecule has 1 fully saturated rings. The van der Waals surface area contributed by atoms with Crippen molar-refractivity contribution in [3.63, 3.8) is 0 Å². The fourth-order valence-corrected chi connectivity index (χ4v) is 2.04. The zero-order valence-electron chi connectivity index (χ0n) is 11.0. The van der Waals surface area contributed by atoms with Crippen LogP contribution < -0.4 is 5.84 Å². The molecule has 0 saturated carbocycles. The van der Waals surface area contributed by atoms with Gasteiger partial charge < -0.3 is 4.90 Å². The first-order valence-corrected chi connectivity index (χ1v) is 6.11. The summed E-state index contributed by atoms with van der Waals surface area (Å²) in [6, 6.07) is 2.92. The number of non-ortho nitro benzene ring substituents is 2. The maximum atomic E-state index is 12.3. The van der Waals surface area contributed by atoms with Crippen molar-refractivity contribution in [1.29, 1.82) is 0 Å². The Kier molecular flexibility index (Phi) is 4.10. The smallest absolute Gasteiger partial charge is 0.277 e. The summed E-state index contributed by atoms with van der Waals surface area (Å²) in [5.41, 5.74) is -1.03. The van der Waals surface area contributed by atoms with Crippen molar-refractivity contribution in [1.82, 2.24) is 9.91 Å². The van der Waals surface area contributed by atoms with Crippen LogP contribution in [0.1, 0.15) is 10.4 Å². The van der Waals surface area contributed by atoms with E-state index in [0.29, 0.717) is 26.2 Å². The van der Waals surface area contributed by atoms with Crippen molar-refractivity contribution in [2.45, 2.75) is 0 Å². The molecule has 21 heavy (non-hydrogen) atoms. The Morgan fingerprint density at radius 2 is 1.48 bits per heavy atom. The Morgan fingerprint density at radius 1 is 1.00 bits per heavy atom. The number of hydrogen-bond acceptors (Lipinski definition) is 7. The van der Waals surface area contributed by atoms with Gasteiger partial charge in [-0.1, -0.05) is 0 Å². The summed E-state index contributed by atoms with van der Waals surface area (Å²) in [6.45, 7) is 1.68. The molecule has 0 aliphatic carbocycles. The van der Waals surface area contributed by atoms with Crippen molar-refractivity contribution in [2.75, 3.05) is 26.2 Å². The van der Waals surface area contributed by atoms with Gasteiger partial charge in [0.1, 0.15) is 0 Å². The van der Waals surface area contributed by atoms with Crippen LogP contribution >= 0.6 is 0 Å². The van der Waals surface area contributed by atoms with Crippen LogP contribution in [-0.2, 0) is 0 Å². The molecule has 1 saturated heterocycles.